The van der Waals surface area contributed by atoms with E-state index in [1.54, 1.807) is 30.3 Å². The van der Waals surface area contributed by atoms with Crippen LogP contribution < -0.4 is 14.2 Å². The zero-order valence-electron chi connectivity index (χ0n) is 18.0. The van der Waals surface area contributed by atoms with Gasteiger partial charge in [-0.2, -0.15) is 0 Å². The molecule has 0 aromatic heterocycles. The summed E-state index contributed by atoms with van der Waals surface area (Å²) in [6.07, 6.45) is 2.78. The monoisotopic (exact) mass is 416 g/mol. The van der Waals surface area contributed by atoms with Gasteiger partial charge in [-0.1, -0.05) is 57.2 Å². The van der Waals surface area contributed by atoms with Crippen molar-refractivity contribution in [1.82, 2.24) is 0 Å². The largest absolute Gasteiger partial charge is 0.493 e. The third-order valence-corrected chi connectivity index (χ3v) is 4.94. The summed E-state index contributed by atoms with van der Waals surface area (Å²) in [5, 5.41) is 0. The van der Waals surface area contributed by atoms with Crippen LogP contribution in [0.2, 0.25) is 0 Å². The molecule has 0 spiro atoms. The summed E-state index contributed by atoms with van der Waals surface area (Å²) in [5.74, 6) is 2.16. The average molecular weight is 417 g/mol. The molecule has 0 saturated carbocycles. The summed E-state index contributed by atoms with van der Waals surface area (Å²) < 4.78 is 16.7. The average Bonchev–Trinajstić information content (AvgIpc) is 2.82. The Morgan fingerprint density at radius 1 is 0.839 bits per heavy atom. The van der Waals surface area contributed by atoms with Crippen molar-refractivity contribution in [2.45, 2.75) is 20.3 Å². The first kappa shape index (κ1) is 22.2. The highest BCUT2D eigenvalue weighted by Crippen LogP contribution is 2.24. The van der Waals surface area contributed by atoms with Gasteiger partial charge in [-0.05, 0) is 65.6 Å². The van der Waals surface area contributed by atoms with Crippen LogP contribution in [0.4, 0.5) is 0 Å². The second-order valence-electron chi connectivity index (χ2n) is 7.39. The molecule has 0 aliphatic heterocycles. The first-order valence-electron chi connectivity index (χ1n) is 10.5. The number of ether oxygens (including phenoxy) is 3. The van der Waals surface area contributed by atoms with Gasteiger partial charge in [0.25, 0.3) is 0 Å². The minimum atomic E-state index is -0.395. The highest BCUT2D eigenvalue weighted by molar-refractivity contribution is 5.91. The third-order valence-electron chi connectivity index (χ3n) is 4.94. The van der Waals surface area contributed by atoms with Gasteiger partial charge in [-0.3, -0.25) is 0 Å². The first-order valence-corrected chi connectivity index (χ1v) is 10.5. The van der Waals surface area contributed by atoms with E-state index in [4.69, 9.17) is 14.2 Å². The summed E-state index contributed by atoms with van der Waals surface area (Å²) in [4.78, 5) is 12.5. The van der Waals surface area contributed by atoms with Crippen LogP contribution in [0.25, 0.3) is 11.1 Å². The molecule has 4 heteroatoms. The molecule has 0 aliphatic carbocycles. The summed E-state index contributed by atoms with van der Waals surface area (Å²) in [6.45, 7) is 9.08. The third kappa shape index (κ3) is 6.48. The highest BCUT2D eigenvalue weighted by Gasteiger charge is 2.10. The van der Waals surface area contributed by atoms with E-state index in [0.29, 0.717) is 30.4 Å². The lowest BCUT2D eigenvalue weighted by atomic mass is 10.0. The van der Waals surface area contributed by atoms with Crippen molar-refractivity contribution in [3.8, 4) is 28.4 Å². The molecule has 31 heavy (non-hydrogen) atoms. The van der Waals surface area contributed by atoms with Crippen molar-refractivity contribution in [3.05, 3.63) is 91.0 Å². The van der Waals surface area contributed by atoms with Crippen molar-refractivity contribution in [2.24, 2.45) is 5.92 Å². The molecule has 0 bridgehead atoms. The zero-order chi connectivity index (χ0) is 22.1. The van der Waals surface area contributed by atoms with Gasteiger partial charge in [0.15, 0.2) is 0 Å². The molecule has 4 nitrogen and oxygen atoms in total. The van der Waals surface area contributed by atoms with Gasteiger partial charge in [0.05, 0.1) is 12.2 Å². The minimum Gasteiger partial charge on any atom is -0.493 e. The molecule has 160 valence electrons. The number of rotatable bonds is 10. The SMILES string of the molecule is C=CCOc1ccc(-c2ccc(C(=O)Oc3ccc(OCC(C)CC)cc3)cc2)cc1. The predicted molar refractivity (Wildman–Crippen MR) is 124 cm³/mol. The fourth-order valence-corrected chi connectivity index (χ4v) is 2.82. The van der Waals surface area contributed by atoms with E-state index in [1.165, 1.54) is 0 Å². The van der Waals surface area contributed by atoms with Crippen LogP contribution in [0.3, 0.4) is 0 Å². The molecule has 1 unspecified atom stereocenters. The maximum absolute atomic E-state index is 12.5. The Morgan fingerprint density at radius 2 is 1.35 bits per heavy atom. The van der Waals surface area contributed by atoms with Crippen LogP contribution in [-0.4, -0.2) is 19.2 Å². The van der Waals surface area contributed by atoms with E-state index in [1.807, 2.05) is 48.5 Å². The number of carbonyl (C=O) groups excluding carboxylic acids is 1. The number of esters is 1. The quantitative estimate of drug-likeness (QED) is 0.213. The van der Waals surface area contributed by atoms with Gasteiger partial charge in [0.1, 0.15) is 23.9 Å². The van der Waals surface area contributed by atoms with Gasteiger partial charge >= 0.3 is 5.97 Å². The smallest absolute Gasteiger partial charge is 0.343 e. The summed E-state index contributed by atoms with van der Waals surface area (Å²) in [7, 11) is 0. The highest BCUT2D eigenvalue weighted by atomic mass is 16.5. The van der Waals surface area contributed by atoms with E-state index in [2.05, 4.69) is 20.4 Å². The van der Waals surface area contributed by atoms with Crippen LogP contribution in [-0.2, 0) is 0 Å². The lowest BCUT2D eigenvalue weighted by Gasteiger charge is -2.11. The van der Waals surface area contributed by atoms with E-state index in [0.717, 1.165) is 29.0 Å². The van der Waals surface area contributed by atoms with Gasteiger partial charge in [0.2, 0.25) is 0 Å². The number of hydrogen-bond donors (Lipinski definition) is 0. The Hall–Kier alpha value is -3.53. The number of benzene rings is 3. The van der Waals surface area contributed by atoms with Crippen molar-refractivity contribution in [3.63, 3.8) is 0 Å². The predicted octanol–water partition coefficient (Wildman–Crippen LogP) is 6.56. The van der Waals surface area contributed by atoms with Crippen molar-refractivity contribution in [1.29, 1.82) is 0 Å². The molecule has 3 rings (SSSR count). The standard InChI is InChI=1S/C27H28O4/c1-4-18-29-24-12-10-22(11-13-24)21-6-8-23(9-7-21)27(28)31-26-16-14-25(15-17-26)30-19-20(3)5-2/h4,6-17,20H,1,5,18-19H2,2-3H3. The molecule has 0 fully saturated rings. The fourth-order valence-electron chi connectivity index (χ4n) is 2.82. The van der Waals surface area contributed by atoms with Crippen LogP contribution in [0.1, 0.15) is 30.6 Å². The Morgan fingerprint density at radius 3 is 1.94 bits per heavy atom. The molecule has 0 heterocycles. The van der Waals surface area contributed by atoms with Crippen LogP contribution in [0.15, 0.2) is 85.5 Å². The maximum atomic E-state index is 12.5. The van der Waals surface area contributed by atoms with E-state index in [9.17, 15) is 4.79 Å². The molecule has 0 radical (unpaired) electrons. The summed E-state index contributed by atoms with van der Waals surface area (Å²) >= 11 is 0. The fraction of sp³-hybridized carbons (Fsp3) is 0.222. The Bertz CT molecular complexity index is 973. The molecule has 3 aromatic carbocycles. The molecule has 1 atom stereocenters. The van der Waals surface area contributed by atoms with E-state index >= 15 is 0 Å². The van der Waals surface area contributed by atoms with Crippen LogP contribution in [0, 0.1) is 5.92 Å². The van der Waals surface area contributed by atoms with Gasteiger partial charge < -0.3 is 14.2 Å². The topological polar surface area (TPSA) is 44.8 Å². The van der Waals surface area contributed by atoms with Gasteiger partial charge in [-0.25, -0.2) is 4.79 Å². The summed E-state index contributed by atoms with van der Waals surface area (Å²) in [6, 6.07) is 22.3. The van der Waals surface area contributed by atoms with E-state index in [-0.39, 0.29) is 0 Å². The Kier molecular flexibility index (Phi) is 7.88. The molecule has 3 aromatic rings. The first-order chi connectivity index (χ1) is 15.1. The zero-order valence-corrected chi connectivity index (χ0v) is 18.0. The van der Waals surface area contributed by atoms with Gasteiger partial charge in [0, 0.05) is 0 Å². The lowest BCUT2D eigenvalue weighted by Crippen LogP contribution is -2.09. The molecule has 0 aliphatic rings. The second-order valence-corrected chi connectivity index (χ2v) is 7.39. The van der Waals surface area contributed by atoms with Crippen LogP contribution >= 0.6 is 0 Å². The van der Waals surface area contributed by atoms with E-state index < -0.39 is 5.97 Å². The Labute approximate surface area is 184 Å². The molecular formula is C27H28O4. The van der Waals surface area contributed by atoms with Crippen molar-refractivity contribution >= 4 is 5.97 Å². The molecule has 0 amide bonds. The minimum absolute atomic E-state index is 0.395. The normalized spacial score (nSPS) is 11.4. The molecule has 0 N–H and O–H groups in total. The van der Waals surface area contributed by atoms with Gasteiger partial charge in [-0.15, -0.1) is 0 Å². The van der Waals surface area contributed by atoms with Crippen molar-refractivity contribution < 1.29 is 19.0 Å². The van der Waals surface area contributed by atoms with Crippen LogP contribution in [0.5, 0.6) is 17.2 Å². The number of hydrogen-bond acceptors (Lipinski definition) is 4. The second kappa shape index (κ2) is 11.0. The summed E-state index contributed by atoms with van der Waals surface area (Å²) in [5.41, 5.74) is 2.54. The van der Waals surface area contributed by atoms with Crippen molar-refractivity contribution in [2.75, 3.05) is 13.2 Å². The molecular weight excluding hydrogens is 388 g/mol. The maximum Gasteiger partial charge on any atom is 0.343 e. The molecule has 0 saturated heterocycles. The lowest BCUT2D eigenvalue weighted by molar-refractivity contribution is 0.0734. The number of carbonyl (C=O) groups is 1. The Balaban J connectivity index is 1.58.